The summed E-state index contributed by atoms with van der Waals surface area (Å²) in [6.07, 6.45) is 3.96. The van der Waals surface area contributed by atoms with Crippen molar-refractivity contribution in [1.29, 1.82) is 5.26 Å². The van der Waals surface area contributed by atoms with Crippen LogP contribution in [-0.4, -0.2) is 53.5 Å². The number of rotatable bonds is 5. The van der Waals surface area contributed by atoms with E-state index in [2.05, 4.69) is 36.0 Å². The number of benzene rings is 2. The van der Waals surface area contributed by atoms with Crippen molar-refractivity contribution < 1.29 is 4.74 Å². The number of halogens is 3. The molecule has 2 aromatic carbocycles. The maximum absolute atomic E-state index is 9.58. The summed E-state index contributed by atoms with van der Waals surface area (Å²) < 4.78 is 5.26. The quantitative estimate of drug-likeness (QED) is 0.357. The lowest BCUT2D eigenvalue weighted by atomic mass is 10.00. The lowest BCUT2D eigenvalue weighted by Gasteiger charge is -2.35. The van der Waals surface area contributed by atoms with Crippen molar-refractivity contribution in [2.45, 2.75) is 6.42 Å². The molecule has 0 aliphatic carbocycles. The van der Waals surface area contributed by atoms with Gasteiger partial charge in [-0.15, -0.1) is 29.9 Å². The highest BCUT2D eigenvalue weighted by atomic mass is 35.5. The van der Waals surface area contributed by atoms with E-state index in [4.69, 9.17) is 22.1 Å². The Morgan fingerprint density at radius 1 is 1.03 bits per heavy atom. The van der Waals surface area contributed by atoms with Crippen LogP contribution >= 0.6 is 36.4 Å². The standard InChI is InChI=1S/C25H23ClN8O.2ClH/c1-35-21-6-3-16(13-19(21)26)14-20-22-18(5-4-17(15-27)23(22)28)24(32-31-20)33-9-11-34(12-10-33)25-29-7-2-8-30-25;;/h2-8,13H,9-12,14,28H2,1H3;2*1H. The van der Waals surface area contributed by atoms with Gasteiger partial charge < -0.3 is 20.3 Å². The van der Waals surface area contributed by atoms with Crippen LogP contribution in [0.25, 0.3) is 10.8 Å². The summed E-state index contributed by atoms with van der Waals surface area (Å²) in [6, 6.07) is 13.2. The van der Waals surface area contributed by atoms with Crippen molar-refractivity contribution in [3.05, 3.63) is 70.6 Å². The van der Waals surface area contributed by atoms with E-state index in [1.807, 2.05) is 30.3 Å². The molecule has 1 aliphatic heterocycles. The van der Waals surface area contributed by atoms with Gasteiger partial charge in [-0.3, -0.25) is 0 Å². The molecule has 2 aromatic heterocycles. The third-order valence-corrected chi connectivity index (χ3v) is 6.46. The van der Waals surface area contributed by atoms with Gasteiger partial charge in [-0.25, -0.2) is 9.97 Å². The maximum atomic E-state index is 9.58. The molecule has 1 fully saturated rings. The molecule has 0 bridgehead atoms. The first kappa shape index (κ1) is 28.0. The molecule has 0 radical (unpaired) electrons. The van der Waals surface area contributed by atoms with E-state index >= 15 is 0 Å². The molecule has 3 heterocycles. The van der Waals surface area contributed by atoms with Gasteiger partial charge in [-0.05, 0) is 35.9 Å². The van der Waals surface area contributed by atoms with Gasteiger partial charge in [0.15, 0.2) is 5.82 Å². The normalized spacial score (nSPS) is 12.9. The van der Waals surface area contributed by atoms with E-state index in [1.165, 1.54) is 0 Å². The highest BCUT2D eigenvalue weighted by Crippen LogP contribution is 2.34. The highest BCUT2D eigenvalue weighted by molar-refractivity contribution is 6.32. The zero-order chi connectivity index (χ0) is 24.4. The summed E-state index contributed by atoms with van der Waals surface area (Å²) >= 11 is 6.33. The minimum atomic E-state index is 0. The molecule has 0 unspecified atom stereocenters. The molecule has 37 heavy (non-hydrogen) atoms. The molecule has 4 aromatic rings. The Labute approximate surface area is 232 Å². The molecule has 1 saturated heterocycles. The van der Waals surface area contributed by atoms with E-state index in [-0.39, 0.29) is 24.8 Å². The van der Waals surface area contributed by atoms with E-state index in [0.29, 0.717) is 34.1 Å². The Bertz CT molecular complexity index is 1420. The zero-order valence-corrected chi connectivity index (χ0v) is 22.4. The summed E-state index contributed by atoms with van der Waals surface area (Å²) in [5, 5.41) is 20.9. The zero-order valence-electron chi connectivity index (χ0n) is 20.0. The second kappa shape index (κ2) is 12.1. The number of ether oxygens (including phenoxy) is 1. The number of nitriles is 1. The summed E-state index contributed by atoms with van der Waals surface area (Å²) in [6.45, 7) is 2.97. The summed E-state index contributed by atoms with van der Waals surface area (Å²) in [5.41, 5.74) is 8.93. The molecule has 0 atom stereocenters. The molecule has 0 amide bonds. The number of piperazine rings is 1. The van der Waals surface area contributed by atoms with E-state index in [1.54, 1.807) is 25.6 Å². The second-order valence-corrected chi connectivity index (χ2v) is 8.61. The topological polar surface area (TPSA) is 117 Å². The number of hydrogen-bond acceptors (Lipinski definition) is 9. The fourth-order valence-electron chi connectivity index (χ4n) is 4.37. The van der Waals surface area contributed by atoms with Gasteiger partial charge in [0.2, 0.25) is 5.95 Å². The number of hydrogen-bond donors (Lipinski definition) is 1. The lowest BCUT2D eigenvalue weighted by Crippen LogP contribution is -2.47. The van der Waals surface area contributed by atoms with Crippen molar-refractivity contribution in [2.75, 3.05) is 48.8 Å². The molecule has 12 heteroatoms. The Morgan fingerprint density at radius 2 is 1.73 bits per heavy atom. The molecule has 5 rings (SSSR count). The number of anilines is 3. The summed E-state index contributed by atoms with van der Waals surface area (Å²) in [5.74, 6) is 2.08. The lowest BCUT2D eigenvalue weighted by molar-refractivity contribution is 0.415. The van der Waals surface area contributed by atoms with Gasteiger partial charge >= 0.3 is 0 Å². The van der Waals surface area contributed by atoms with Crippen LogP contribution in [0.3, 0.4) is 0 Å². The number of nitrogens with two attached hydrogens (primary N) is 1. The summed E-state index contributed by atoms with van der Waals surface area (Å²) in [4.78, 5) is 13.0. The number of aromatic nitrogens is 4. The van der Waals surface area contributed by atoms with Gasteiger partial charge in [0, 0.05) is 55.8 Å². The SMILES string of the molecule is COc1ccc(Cc2nnc(N3CCN(c4ncccn4)CC3)c3ccc(C#N)c(N)c23)cc1Cl.Cl.Cl. The smallest absolute Gasteiger partial charge is 0.225 e. The average Bonchev–Trinajstić information content (AvgIpc) is 2.90. The Hall–Kier alpha value is -3.58. The van der Waals surface area contributed by atoms with Gasteiger partial charge in [-0.2, -0.15) is 10.4 Å². The minimum absolute atomic E-state index is 0. The molecular formula is C25H25Cl3N8O. The highest BCUT2D eigenvalue weighted by Gasteiger charge is 2.24. The molecule has 0 saturated carbocycles. The number of methoxy groups -OCH3 is 1. The first-order chi connectivity index (χ1) is 17.1. The number of fused-ring (bicyclic) bond motifs is 1. The Kier molecular flexibility index (Phi) is 9.16. The Morgan fingerprint density at radius 3 is 2.38 bits per heavy atom. The molecule has 1 aliphatic rings. The molecule has 192 valence electrons. The fraction of sp³-hybridized carbons (Fsp3) is 0.240. The Balaban J connectivity index is 0.00000190. The van der Waals surface area contributed by atoms with Crippen molar-refractivity contribution in [3.63, 3.8) is 0 Å². The van der Waals surface area contributed by atoms with Gasteiger partial charge in [0.1, 0.15) is 11.8 Å². The van der Waals surface area contributed by atoms with Crippen molar-refractivity contribution in [2.24, 2.45) is 0 Å². The van der Waals surface area contributed by atoms with E-state index < -0.39 is 0 Å². The largest absolute Gasteiger partial charge is 0.495 e. The predicted molar refractivity (Wildman–Crippen MR) is 150 cm³/mol. The maximum Gasteiger partial charge on any atom is 0.225 e. The van der Waals surface area contributed by atoms with Crippen molar-refractivity contribution in [3.8, 4) is 11.8 Å². The first-order valence-electron chi connectivity index (χ1n) is 11.2. The van der Waals surface area contributed by atoms with Crippen LogP contribution in [0.4, 0.5) is 17.5 Å². The fourth-order valence-corrected chi connectivity index (χ4v) is 4.65. The third-order valence-electron chi connectivity index (χ3n) is 6.16. The molecule has 2 N–H and O–H groups in total. The third kappa shape index (κ3) is 5.57. The van der Waals surface area contributed by atoms with Crippen LogP contribution in [0.2, 0.25) is 5.02 Å². The van der Waals surface area contributed by atoms with E-state index in [9.17, 15) is 5.26 Å². The van der Waals surface area contributed by atoms with Crippen LogP contribution in [0, 0.1) is 11.3 Å². The van der Waals surface area contributed by atoms with Crippen molar-refractivity contribution >= 4 is 64.6 Å². The number of nitrogen functional groups attached to an aromatic ring is 1. The minimum Gasteiger partial charge on any atom is -0.495 e. The molecular weight excluding hydrogens is 535 g/mol. The van der Waals surface area contributed by atoms with Gasteiger partial charge in [-0.1, -0.05) is 17.7 Å². The van der Waals surface area contributed by atoms with Crippen LogP contribution in [0.5, 0.6) is 5.75 Å². The van der Waals surface area contributed by atoms with Crippen LogP contribution in [-0.2, 0) is 6.42 Å². The van der Waals surface area contributed by atoms with Crippen molar-refractivity contribution in [1.82, 2.24) is 20.2 Å². The predicted octanol–water partition coefficient (Wildman–Crippen LogP) is 4.30. The summed E-state index contributed by atoms with van der Waals surface area (Å²) in [7, 11) is 1.58. The first-order valence-corrected chi connectivity index (χ1v) is 11.5. The molecule has 9 nitrogen and oxygen atoms in total. The number of nitrogens with zero attached hydrogens (tertiary/aromatic N) is 7. The van der Waals surface area contributed by atoms with Gasteiger partial charge in [0.25, 0.3) is 0 Å². The van der Waals surface area contributed by atoms with E-state index in [0.717, 1.165) is 54.3 Å². The second-order valence-electron chi connectivity index (χ2n) is 8.20. The van der Waals surface area contributed by atoms with Gasteiger partial charge in [0.05, 0.1) is 29.1 Å². The average molecular weight is 560 g/mol. The van der Waals surface area contributed by atoms with Crippen LogP contribution < -0.4 is 20.3 Å². The monoisotopic (exact) mass is 558 g/mol. The molecule has 0 spiro atoms. The van der Waals surface area contributed by atoms with Crippen LogP contribution in [0.1, 0.15) is 16.8 Å². The van der Waals surface area contributed by atoms with Crippen LogP contribution in [0.15, 0.2) is 48.8 Å².